The van der Waals surface area contributed by atoms with Crippen LogP contribution in [0.3, 0.4) is 0 Å². The molecule has 3 heterocycles. The summed E-state index contributed by atoms with van der Waals surface area (Å²) >= 11 is 5.14. The van der Waals surface area contributed by atoms with Crippen LogP contribution in [0.25, 0.3) is 33.6 Å². The summed E-state index contributed by atoms with van der Waals surface area (Å²) in [6.45, 7) is 0. The van der Waals surface area contributed by atoms with Crippen LogP contribution in [0.2, 0.25) is 0 Å². The highest BCUT2D eigenvalue weighted by molar-refractivity contribution is 7.71. The van der Waals surface area contributed by atoms with Gasteiger partial charge < -0.3 is 19.9 Å². The van der Waals surface area contributed by atoms with Crippen LogP contribution >= 0.6 is 12.2 Å². The van der Waals surface area contributed by atoms with Gasteiger partial charge in [-0.3, -0.25) is 0 Å². The second kappa shape index (κ2) is 6.03. The first-order valence-corrected chi connectivity index (χ1v) is 7.95. The quantitative estimate of drug-likeness (QED) is 0.538. The van der Waals surface area contributed by atoms with Gasteiger partial charge in [0.2, 0.25) is 0 Å². The van der Waals surface area contributed by atoms with E-state index in [9.17, 15) is 0 Å². The number of fused-ring (bicyclic) bond motifs is 1. The molecule has 0 spiro atoms. The maximum Gasteiger partial charge on any atom is 0.200 e. The molecular weight excluding hydrogens is 336 g/mol. The van der Waals surface area contributed by atoms with Crippen LogP contribution < -0.4 is 10.5 Å². The van der Waals surface area contributed by atoms with Gasteiger partial charge in [-0.15, -0.1) is 0 Å². The highest BCUT2D eigenvalue weighted by atomic mass is 32.1. The third-order valence-electron chi connectivity index (χ3n) is 3.89. The highest BCUT2D eigenvalue weighted by Crippen LogP contribution is 2.34. The van der Waals surface area contributed by atoms with E-state index < -0.39 is 0 Å². The lowest BCUT2D eigenvalue weighted by atomic mass is 10.0. The molecule has 0 aliphatic rings. The number of nitrogen functional groups attached to an aromatic ring is 1. The van der Waals surface area contributed by atoms with Crippen molar-refractivity contribution in [2.24, 2.45) is 0 Å². The van der Waals surface area contributed by atoms with E-state index in [1.807, 2.05) is 42.5 Å². The first kappa shape index (κ1) is 15.3. The zero-order chi connectivity index (χ0) is 17.4. The van der Waals surface area contributed by atoms with Gasteiger partial charge in [-0.25, -0.2) is 4.98 Å². The van der Waals surface area contributed by atoms with Crippen LogP contribution in [0.5, 0.6) is 5.75 Å². The van der Waals surface area contributed by atoms with Gasteiger partial charge >= 0.3 is 0 Å². The number of nitrogens with one attached hydrogen (secondary N) is 1. The Kier molecular flexibility index (Phi) is 3.70. The Morgan fingerprint density at radius 1 is 1.16 bits per heavy atom. The van der Waals surface area contributed by atoms with E-state index in [1.165, 1.54) is 0 Å². The Morgan fingerprint density at radius 3 is 2.64 bits per heavy atom. The van der Waals surface area contributed by atoms with Crippen LogP contribution in [0, 0.1) is 4.77 Å². The van der Waals surface area contributed by atoms with E-state index in [0.29, 0.717) is 22.6 Å². The van der Waals surface area contributed by atoms with Gasteiger partial charge in [0.15, 0.2) is 10.4 Å². The third-order valence-corrected chi connectivity index (χ3v) is 4.08. The molecule has 3 N–H and O–H groups in total. The number of furan rings is 1. The molecule has 0 aliphatic carbocycles. The Bertz CT molecular complexity index is 1100. The van der Waals surface area contributed by atoms with Crippen molar-refractivity contribution < 1.29 is 9.15 Å². The van der Waals surface area contributed by atoms with Gasteiger partial charge in [-0.05, 0) is 54.7 Å². The minimum atomic E-state index is 0.287. The molecule has 0 radical (unpaired) electrons. The molecule has 25 heavy (non-hydrogen) atoms. The van der Waals surface area contributed by atoms with E-state index in [4.69, 9.17) is 27.1 Å². The molecule has 0 fully saturated rings. The first-order chi connectivity index (χ1) is 12.2. The van der Waals surface area contributed by atoms with Crippen molar-refractivity contribution in [2.45, 2.75) is 0 Å². The minimum Gasteiger partial charge on any atom is -0.497 e. The molecule has 7 heteroatoms. The molecule has 0 bridgehead atoms. The van der Waals surface area contributed by atoms with Crippen molar-refractivity contribution in [1.29, 1.82) is 0 Å². The van der Waals surface area contributed by atoms with Crippen LogP contribution in [0.15, 0.2) is 53.1 Å². The molecular formula is C18H14N4O2S. The predicted molar refractivity (Wildman–Crippen MR) is 98.8 cm³/mol. The molecule has 0 saturated heterocycles. The van der Waals surface area contributed by atoms with Crippen LogP contribution in [-0.4, -0.2) is 22.1 Å². The van der Waals surface area contributed by atoms with Gasteiger partial charge in [0, 0.05) is 11.1 Å². The average Bonchev–Trinajstić information content (AvgIpc) is 3.15. The molecule has 0 unspecified atom stereocenters. The van der Waals surface area contributed by atoms with E-state index in [-0.39, 0.29) is 4.77 Å². The molecule has 0 saturated carbocycles. The lowest BCUT2D eigenvalue weighted by Gasteiger charge is -2.10. The Labute approximate surface area is 148 Å². The Hall–Kier alpha value is -3.19. The second-order valence-electron chi connectivity index (χ2n) is 5.42. The fraction of sp³-hybridized carbons (Fsp3) is 0.0556. The van der Waals surface area contributed by atoms with Crippen molar-refractivity contribution in [3.8, 4) is 28.3 Å². The van der Waals surface area contributed by atoms with Gasteiger partial charge in [0.25, 0.3) is 0 Å². The number of hydrogen-bond acceptors (Lipinski definition) is 6. The van der Waals surface area contributed by atoms with Crippen LogP contribution in [0.1, 0.15) is 0 Å². The van der Waals surface area contributed by atoms with Crippen molar-refractivity contribution in [1.82, 2.24) is 15.0 Å². The second-order valence-corrected chi connectivity index (χ2v) is 5.80. The smallest absolute Gasteiger partial charge is 0.200 e. The monoisotopic (exact) mass is 350 g/mol. The molecule has 4 aromatic rings. The van der Waals surface area contributed by atoms with E-state index in [1.54, 1.807) is 13.4 Å². The molecule has 4 rings (SSSR count). The minimum absolute atomic E-state index is 0.287. The fourth-order valence-electron chi connectivity index (χ4n) is 2.72. The normalized spacial score (nSPS) is 10.9. The summed E-state index contributed by atoms with van der Waals surface area (Å²) in [6, 6.07) is 13.3. The number of ether oxygens (including phenoxy) is 1. The third kappa shape index (κ3) is 2.74. The number of aromatic amines is 1. The molecule has 0 amide bonds. The number of hydrogen-bond donors (Lipinski definition) is 2. The molecule has 0 atom stereocenters. The summed E-state index contributed by atoms with van der Waals surface area (Å²) in [5.41, 5.74) is 9.08. The summed E-state index contributed by atoms with van der Waals surface area (Å²) in [6.07, 6.45) is 1.61. The predicted octanol–water partition coefficient (Wildman–Crippen LogP) is 4.21. The summed E-state index contributed by atoms with van der Waals surface area (Å²) < 4.78 is 11.1. The summed E-state index contributed by atoms with van der Waals surface area (Å²) in [5, 5.41) is 0.681. The molecule has 0 aliphatic heterocycles. The van der Waals surface area contributed by atoms with Gasteiger partial charge in [0.05, 0.1) is 24.5 Å². The number of rotatable bonds is 3. The average molecular weight is 350 g/mol. The SMILES string of the molecule is COc1ccc(-c2cc(-c3ccco3)c3c(N)[nH]c(=S)nc3n2)cc1. The highest BCUT2D eigenvalue weighted by Gasteiger charge is 2.15. The standard InChI is InChI=1S/C18H14N4O2S/c1-23-11-6-4-10(5-7-11)13-9-12(14-3-2-8-24-14)15-16(19)21-18(25)22-17(15)20-13/h2-9H,1H3,(H3,19,20,21,22,25). The fourth-order valence-corrected chi connectivity index (χ4v) is 2.91. The topological polar surface area (TPSA) is 90.0 Å². The lowest BCUT2D eigenvalue weighted by molar-refractivity contribution is 0.415. The number of benzene rings is 1. The number of methoxy groups -OCH3 is 1. The van der Waals surface area contributed by atoms with Crippen molar-refractivity contribution in [3.05, 3.63) is 53.5 Å². The summed E-state index contributed by atoms with van der Waals surface area (Å²) in [5.74, 6) is 1.87. The maximum atomic E-state index is 6.13. The molecule has 6 nitrogen and oxygen atoms in total. The van der Waals surface area contributed by atoms with E-state index in [0.717, 1.165) is 22.6 Å². The van der Waals surface area contributed by atoms with Crippen molar-refractivity contribution >= 4 is 29.1 Å². The largest absolute Gasteiger partial charge is 0.497 e. The van der Waals surface area contributed by atoms with Gasteiger partial charge in [-0.2, -0.15) is 4.98 Å². The number of pyridine rings is 1. The number of nitrogens with two attached hydrogens (primary N) is 1. The van der Waals surface area contributed by atoms with Crippen LogP contribution in [-0.2, 0) is 0 Å². The number of nitrogens with zero attached hydrogens (tertiary/aromatic N) is 2. The van der Waals surface area contributed by atoms with Crippen molar-refractivity contribution in [3.63, 3.8) is 0 Å². The Balaban J connectivity index is 2.01. The number of aromatic nitrogens is 3. The molecule has 1 aromatic carbocycles. The first-order valence-electron chi connectivity index (χ1n) is 7.54. The van der Waals surface area contributed by atoms with E-state index >= 15 is 0 Å². The summed E-state index contributed by atoms with van der Waals surface area (Å²) in [4.78, 5) is 11.8. The maximum absolute atomic E-state index is 6.13. The van der Waals surface area contributed by atoms with Crippen molar-refractivity contribution in [2.75, 3.05) is 12.8 Å². The zero-order valence-corrected chi connectivity index (χ0v) is 14.1. The zero-order valence-electron chi connectivity index (χ0n) is 13.3. The number of anilines is 1. The number of H-pyrrole nitrogens is 1. The van der Waals surface area contributed by atoms with Gasteiger partial charge in [-0.1, -0.05) is 0 Å². The van der Waals surface area contributed by atoms with Gasteiger partial charge in [0.1, 0.15) is 17.3 Å². The summed E-state index contributed by atoms with van der Waals surface area (Å²) in [7, 11) is 1.63. The van der Waals surface area contributed by atoms with E-state index in [2.05, 4.69) is 15.0 Å². The van der Waals surface area contributed by atoms with Crippen LogP contribution in [0.4, 0.5) is 5.82 Å². The lowest BCUT2D eigenvalue weighted by Crippen LogP contribution is -1.99. The molecule has 3 aromatic heterocycles. The molecule has 124 valence electrons. The Morgan fingerprint density at radius 2 is 1.96 bits per heavy atom.